The maximum absolute atomic E-state index is 10.8. The van der Waals surface area contributed by atoms with Gasteiger partial charge in [0.2, 0.25) is 0 Å². The van der Waals surface area contributed by atoms with E-state index < -0.39 is 6.03 Å². The minimum atomic E-state index is -0.427. The van der Waals surface area contributed by atoms with E-state index in [9.17, 15) is 4.79 Å². The highest BCUT2D eigenvalue weighted by Gasteiger charge is 2.13. The van der Waals surface area contributed by atoms with Gasteiger partial charge in [-0.25, -0.2) is 4.79 Å². The lowest BCUT2D eigenvalue weighted by atomic mass is 10.1. The third-order valence-corrected chi connectivity index (χ3v) is 2.12. The SMILES string of the molecule is CC(c1ccncc1)N(C)C(N)=O. The summed E-state index contributed by atoms with van der Waals surface area (Å²) in [6, 6.07) is 3.29. The van der Waals surface area contributed by atoms with Crippen LogP contribution >= 0.6 is 0 Å². The van der Waals surface area contributed by atoms with Crippen molar-refractivity contribution in [1.29, 1.82) is 0 Å². The Hall–Kier alpha value is -1.58. The first-order chi connectivity index (χ1) is 6.13. The second-order valence-electron chi connectivity index (χ2n) is 2.91. The number of nitrogens with two attached hydrogens (primary N) is 1. The molecule has 0 bridgehead atoms. The Morgan fingerprint density at radius 2 is 2.08 bits per heavy atom. The molecule has 0 radical (unpaired) electrons. The van der Waals surface area contributed by atoms with Gasteiger partial charge in [-0.05, 0) is 24.6 Å². The Kier molecular flexibility index (Phi) is 2.84. The first-order valence-electron chi connectivity index (χ1n) is 4.05. The van der Waals surface area contributed by atoms with Crippen molar-refractivity contribution in [2.45, 2.75) is 13.0 Å². The molecule has 4 nitrogen and oxygen atoms in total. The second-order valence-corrected chi connectivity index (χ2v) is 2.91. The fourth-order valence-corrected chi connectivity index (χ4v) is 1.06. The summed E-state index contributed by atoms with van der Waals surface area (Å²) in [5.41, 5.74) is 6.17. The lowest BCUT2D eigenvalue weighted by Crippen LogP contribution is -2.34. The predicted molar refractivity (Wildman–Crippen MR) is 50.0 cm³/mol. The van der Waals surface area contributed by atoms with Gasteiger partial charge in [-0.2, -0.15) is 0 Å². The molecule has 4 heteroatoms. The van der Waals surface area contributed by atoms with Crippen molar-refractivity contribution in [2.24, 2.45) is 5.73 Å². The van der Waals surface area contributed by atoms with Gasteiger partial charge < -0.3 is 10.6 Å². The number of rotatable bonds is 2. The van der Waals surface area contributed by atoms with Crippen molar-refractivity contribution in [1.82, 2.24) is 9.88 Å². The summed E-state index contributed by atoms with van der Waals surface area (Å²) in [4.78, 5) is 16.2. The zero-order chi connectivity index (χ0) is 9.84. The van der Waals surface area contributed by atoms with Gasteiger partial charge in [-0.15, -0.1) is 0 Å². The number of urea groups is 1. The summed E-state index contributed by atoms with van der Waals surface area (Å²) < 4.78 is 0. The van der Waals surface area contributed by atoms with Crippen LogP contribution < -0.4 is 5.73 Å². The molecular formula is C9H13N3O. The lowest BCUT2D eigenvalue weighted by molar-refractivity contribution is 0.204. The summed E-state index contributed by atoms with van der Waals surface area (Å²) in [5, 5.41) is 0. The molecule has 1 aromatic rings. The summed E-state index contributed by atoms with van der Waals surface area (Å²) >= 11 is 0. The fraction of sp³-hybridized carbons (Fsp3) is 0.333. The molecule has 0 spiro atoms. The Morgan fingerprint density at radius 3 is 2.54 bits per heavy atom. The molecule has 1 heterocycles. The maximum Gasteiger partial charge on any atom is 0.315 e. The van der Waals surface area contributed by atoms with Crippen LogP contribution in [0, 0.1) is 0 Å². The molecule has 1 atom stereocenters. The largest absolute Gasteiger partial charge is 0.351 e. The zero-order valence-corrected chi connectivity index (χ0v) is 7.77. The van der Waals surface area contributed by atoms with Crippen LogP contribution in [0.15, 0.2) is 24.5 Å². The minimum absolute atomic E-state index is 0.0134. The summed E-state index contributed by atoms with van der Waals surface area (Å²) in [5.74, 6) is 0. The molecule has 0 aliphatic heterocycles. The standard InChI is InChI=1S/C9H13N3O/c1-7(12(2)9(10)13)8-3-5-11-6-4-8/h3-7H,1-2H3,(H2,10,13). The number of amides is 2. The smallest absolute Gasteiger partial charge is 0.315 e. The van der Waals surface area contributed by atoms with Crippen LogP contribution in [0.3, 0.4) is 0 Å². The summed E-state index contributed by atoms with van der Waals surface area (Å²) in [6.45, 7) is 1.92. The third-order valence-electron chi connectivity index (χ3n) is 2.12. The van der Waals surface area contributed by atoms with Crippen molar-refractivity contribution < 1.29 is 4.79 Å². The monoisotopic (exact) mass is 179 g/mol. The van der Waals surface area contributed by atoms with Crippen LogP contribution in [-0.4, -0.2) is 23.0 Å². The lowest BCUT2D eigenvalue weighted by Gasteiger charge is -2.22. The zero-order valence-electron chi connectivity index (χ0n) is 7.77. The highest BCUT2D eigenvalue weighted by atomic mass is 16.2. The van der Waals surface area contributed by atoms with Crippen LogP contribution in [-0.2, 0) is 0 Å². The quantitative estimate of drug-likeness (QED) is 0.740. The van der Waals surface area contributed by atoms with Gasteiger partial charge in [0.25, 0.3) is 0 Å². The molecule has 2 amide bonds. The first-order valence-corrected chi connectivity index (χ1v) is 4.05. The van der Waals surface area contributed by atoms with E-state index in [1.165, 1.54) is 4.90 Å². The van der Waals surface area contributed by atoms with Crippen LogP contribution in [0.5, 0.6) is 0 Å². The molecule has 1 unspecified atom stereocenters. The van der Waals surface area contributed by atoms with E-state index in [2.05, 4.69) is 4.98 Å². The first kappa shape index (κ1) is 9.51. The fourth-order valence-electron chi connectivity index (χ4n) is 1.06. The van der Waals surface area contributed by atoms with E-state index in [1.807, 2.05) is 19.1 Å². The predicted octanol–water partition coefficient (Wildman–Crippen LogP) is 1.15. The molecule has 1 aromatic heterocycles. The number of pyridine rings is 1. The van der Waals surface area contributed by atoms with E-state index in [-0.39, 0.29) is 6.04 Å². The van der Waals surface area contributed by atoms with E-state index in [4.69, 9.17) is 5.73 Å². The molecule has 70 valence electrons. The Labute approximate surface area is 77.4 Å². The van der Waals surface area contributed by atoms with Gasteiger partial charge >= 0.3 is 6.03 Å². The highest BCUT2D eigenvalue weighted by Crippen LogP contribution is 2.16. The number of aromatic nitrogens is 1. The van der Waals surface area contributed by atoms with Crippen molar-refractivity contribution in [3.05, 3.63) is 30.1 Å². The molecule has 0 aliphatic carbocycles. The summed E-state index contributed by atoms with van der Waals surface area (Å²) in [7, 11) is 1.67. The average Bonchev–Trinajstić information content (AvgIpc) is 2.17. The van der Waals surface area contributed by atoms with Gasteiger partial charge in [-0.3, -0.25) is 4.98 Å². The molecule has 0 saturated carbocycles. The second kappa shape index (κ2) is 3.89. The van der Waals surface area contributed by atoms with E-state index >= 15 is 0 Å². The van der Waals surface area contributed by atoms with Crippen LogP contribution in [0.1, 0.15) is 18.5 Å². The number of nitrogens with zero attached hydrogens (tertiary/aromatic N) is 2. The van der Waals surface area contributed by atoms with Crippen molar-refractivity contribution in [3.63, 3.8) is 0 Å². The van der Waals surface area contributed by atoms with Gasteiger partial charge in [0.15, 0.2) is 0 Å². The van der Waals surface area contributed by atoms with Crippen LogP contribution in [0.2, 0.25) is 0 Å². The topological polar surface area (TPSA) is 59.2 Å². The highest BCUT2D eigenvalue weighted by molar-refractivity contribution is 5.72. The Bertz CT molecular complexity index is 286. The number of carbonyl (C=O) groups excluding carboxylic acids is 1. The number of hydrogen-bond donors (Lipinski definition) is 1. The molecule has 13 heavy (non-hydrogen) atoms. The molecule has 1 rings (SSSR count). The Morgan fingerprint density at radius 1 is 1.54 bits per heavy atom. The Balaban J connectivity index is 2.79. The molecular weight excluding hydrogens is 166 g/mol. The van der Waals surface area contributed by atoms with Gasteiger partial charge in [0.05, 0.1) is 6.04 Å². The maximum atomic E-state index is 10.8. The molecule has 0 saturated heterocycles. The summed E-state index contributed by atoms with van der Waals surface area (Å²) in [6.07, 6.45) is 3.39. The van der Waals surface area contributed by atoms with E-state index in [0.29, 0.717) is 0 Å². The van der Waals surface area contributed by atoms with E-state index in [1.54, 1.807) is 19.4 Å². The third kappa shape index (κ3) is 2.18. The molecule has 0 fully saturated rings. The van der Waals surface area contributed by atoms with Crippen LogP contribution in [0.25, 0.3) is 0 Å². The van der Waals surface area contributed by atoms with Gasteiger partial charge in [0.1, 0.15) is 0 Å². The van der Waals surface area contributed by atoms with Crippen molar-refractivity contribution >= 4 is 6.03 Å². The number of carbonyl (C=O) groups is 1. The van der Waals surface area contributed by atoms with Gasteiger partial charge in [0, 0.05) is 19.4 Å². The van der Waals surface area contributed by atoms with Crippen LogP contribution in [0.4, 0.5) is 4.79 Å². The average molecular weight is 179 g/mol. The van der Waals surface area contributed by atoms with Gasteiger partial charge in [-0.1, -0.05) is 0 Å². The molecule has 2 N–H and O–H groups in total. The normalized spacial score (nSPS) is 12.2. The van der Waals surface area contributed by atoms with Crippen molar-refractivity contribution in [3.8, 4) is 0 Å². The molecule has 0 aliphatic rings. The van der Waals surface area contributed by atoms with E-state index in [0.717, 1.165) is 5.56 Å². The number of hydrogen-bond acceptors (Lipinski definition) is 2. The van der Waals surface area contributed by atoms with Crippen molar-refractivity contribution in [2.75, 3.05) is 7.05 Å². The minimum Gasteiger partial charge on any atom is -0.351 e. The number of primary amides is 1. The molecule has 0 aromatic carbocycles.